The number of hydrogen-bond donors (Lipinski definition) is 1. The summed E-state index contributed by atoms with van der Waals surface area (Å²) in [5.41, 5.74) is 0.300. The molecule has 3 heteroatoms. The molecule has 2 aliphatic rings. The lowest BCUT2D eigenvalue weighted by atomic mass is 9.97. The maximum atomic E-state index is 5.62. The van der Waals surface area contributed by atoms with E-state index in [9.17, 15) is 0 Å². The average molecular weight is 226 g/mol. The van der Waals surface area contributed by atoms with Crippen LogP contribution in [0.25, 0.3) is 0 Å². The second-order valence-corrected chi connectivity index (χ2v) is 5.54. The molecule has 0 amide bonds. The van der Waals surface area contributed by atoms with Gasteiger partial charge in [-0.25, -0.2) is 0 Å². The van der Waals surface area contributed by atoms with Crippen molar-refractivity contribution in [3.05, 3.63) is 0 Å². The van der Waals surface area contributed by atoms with E-state index in [4.69, 9.17) is 4.74 Å². The zero-order valence-electron chi connectivity index (χ0n) is 10.8. The fourth-order valence-corrected chi connectivity index (χ4v) is 2.82. The summed E-state index contributed by atoms with van der Waals surface area (Å²) < 4.78 is 5.62. The van der Waals surface area contributed by atoms with Gasteiger partial charge in [-0.2, -0.15) is 0 Å². The van der Waals surface area contributed by atoms with E-state index in [1.54, 1.807) is 0 Å². The predicted octanol–water partition coefficient (Wildman–Crippen LogP) is 1.63. The quantitative estimate of drug-likeness (QED) is 0.774. The van der Waals surface area contributed by atoms with Crippen LogP contribution in [0.1, 0.15) is 39.5 Å². The molecule has 2 rings (SSSR count). The molecule has 0 radical (unpaired) electrons. The van der Waals surface area contributed by atoms with Crippen molar-refractivity contribution in [1.82, 2.24) is 10.2 Å². The molecular formula is C13H26N2O. The van der Waals surface area contributed by atoms with Crippen LogP contribution in [0.2, 0.25) is 0 Å². The van der Waals surface area contributed by atoms with Crippen molar-refractivity contribution in [1.29, 1.82) is 0 Å². The highest BCUT2D eigenvalue weighted by atomic mass is 16.5. The molecule has 1 N–H and O–H groups in total. The Morgan fingerprint density at radius 1 is 1.44 bits per heavy atom. The maximum absolute atomic E-state index is 5.62. The van der Waals surface area contributed by atoms with E-state index in [2.05, 4.69) is 24.1 Å². The zero-order chi connectivity index (χ0) is 11.4. The van der Waals surface area contributed by atoms with Crippen LogP contribution in [-0.4, -0.2) is 49.3 Å². The number of ether oxygens (including phenoxy) is 1. The normalized spacial score (nSPS) is 38.2. The fraction of sp³-hybridized carbons (Fsp3) is 1.00. The van der Waals surface area contributed by atoms with Gasteiger partial charge in [0.15, 0.2) is 0 Å². The first-order valence-electron chi connectivity index (χ1n) is 6.80. The first kappa shape index (κ1) is 12.3. The summed E-state index contributed by atoms with van der Waals surface area (Å²) in [5.74, 6) is 0. The molecule has 0 saturated carbocycles. The molecule has 0 aliphatic carbocycles. The van der Waals surface area contributed by atoms with Gasteiger partial charge in [0.1, 0.15) is 0 Å². The second-order valence-electron chi connectivity index (χ2n) is 5.54. The molecule has 94 valence electrons. The summed E-state index contributed by atoms with van der Waals surface area (Å²) in [6.07, 6.45) is 5.03. The summed E-state index contributed by atoms with van der Waals surface area (Å²) in [6, 6.07) is 0.666. The molecule has 0 bridgehead atoms. The van der Waals surface area contributed by atoms with Gasteiger partial charge < -0.3 is 10.1 Å². The Kier molecular flexibility index (Phi) is 4.22. The standard InChI is InChI=1S/C13H26N2O/c1-3-13(2)11-15(8-5-7-14-13)12-6-4-9-16-10-12/h12,14H,3-11H2,1-2H3. The molecule has 2 unspecified atom stereocenters. The summed E-state index contributed by atoms with van der Waals surface area (Å²) in [7, 11) is 0. The molecule has 2 atom stereocenters. The van der Waals surface area contributed by atoms with E-state index >= 15 is 0 Å². The molecule has 16 heavy (non-hydrogen) atoms. The van der Waals surface area contributed by atoms with Crippen LogP contribution in [-0.2, 0) is 4.74 Å². The third-order valence-corrected chi connectivity index (χ3v) is 4.16. The van der Waals surface area contributed by atoms with Crippen LogP contribution in [0.3, 0.4) is 0 Å². The largest absolute Gasteiger partial charge is 0.380 e. The van der Waals surface area contributed by atoms with Gasteiger partial charge in [-0.1, -0.05) is 6.92 Å². The Morgan fingerprint density at radius 2 is 2.31 bits per heavy atom. The first-order valence-corrected chi connectivity index (χ1v) is 6.80. The van der Waals surface area contributed by atoms with Gasteiger partial charge in [0, 0.05) is 24.7 Å². The van der Waals surface area contributed by atoms with Gasteiger partial charge in [-0.15, -0.1) is 0 Å². The Balaban J connectivity index is 1.96. The maximum Gasteiger partial charge on any atom is 0.0621 e. The number of rotatable bonds is 2. The fourth-order valence-electron chi connectivity index (χ4n) is 2.82. The lowest BCUT2D eigenvalue weighted by Gasteiger charge is -2.38. The van der Waals surface area contributed by atoms with Crippen molar-refractivity contribution in [3.8, 4) is 0 Å². The zero-order valence-corrected chi connectivity index (χ0v) is 10.8. The molecular weight excluding hydrogens is 200 g/mol. The summed E-state index contributed by atoms with van der Waals surface area (Å²) >= 11 is 0. The van der Waals surface area contributed by atoms with Gasteiger partial charge in [-0.3, -0.25) is 4.90 Å². The Morgan fingerprint density at radius 3 is 3.00 bits per heavy atom. The third kappa shape index (κ3) is 2.96. The van der Waals surface area contributed by atoms with Crippen LogP contribution >= 0.6 is 0 Å². The van der Waals surface area contributed by atoms with Crippen molar-refractivity contribution >= 4 is 0 Å². The van der Waals surface area contributed by atoms with Gasteiger partial charge >= 0.3 is 0 Å². The van der Waals surface area contributed by atoms with E-state index in [-0.39, 0.29) is 0 Å². The first-order chi connectivity index (χ1) is 7.73. The Bertz CT molecular complexity index is 216. The molecule has 2 heterocycles. The van der Waals surface area contributed by atoms with E-state index < -0.39 is 0 Å². The van der Waals surface area contributed by atoms with Gasteiger partial charge in [0.2, 0.25) is 0 Å². The third-order valence-electron chi connectivity index (χ3n) is 4.16. The molecule has 0 spiro atoms. The summed E-state index contributed by atoms with van der Waals surface area (Å²) in [5, 5.41) is 3.69. The highest BCUT2D eigenvalue weighted by molar-refractivity contribution is 4.90. The molecule has 0 aromatic heterocycles. The van der Waals surface area contributed by atoms with E-state index in [1.807, 2.05) is 0 Å². The highest BCUT2D eigenvalue weighted by Crippen LogP contribution is 2.21. The molecule has 0 aromatic carbocycles. The van der Waals surface area contributed by atoms with Crippen molar-refractivity contribution in [2.24, 2.45) is 0 Å². The highest BCUT2D eigenvalue weighted by Gasteiger charge is 2.31. The van der Waals surface area contributed by atoms with Crippen LogP contribution in [0.4, 0.5) is 0 Å². The van der Waals surface area contributed by atoms with Gasteiger partial charge in [-0.05, 0) is 45.7 Å². The lowest BCUT2D eigenvalue weighted by molar-refractivity contribution is 0.0121. The SMILES string of the molecule is CCC1(C)CN(C2CCCOC2)CCCN1. The molecule has 0 aromatic rings. The molecule has 2 aliphatic heterocycles. The average Bonchev–Trinajstić information content (AvgIpc) is 2.53. The molecule has 2 saturated heterocycles. The summed E-state index contributed by atoms with van der Waals surface area (Å²) in [4.78, 5) is 2.66. The topological polar surface area (TPSA) is 24.5 Å². The minimum absolute atomic E-state index is 0.300. The van der Waals surface area contributed by atoms with Crippen molar-refractivity contribution in [3.63, 3.8) is 0 Å². The van der Waals surface area contributed by atoms with Crippen molar-refractivity contribution < 1.29 is 4.74 Å². The number of nitrogens with zero attached hydrogens (tertiary/aromatic N) is 1. The lowest BCUT2D eigenvalue weighted by Crippen LogP contribution is -2.52. The van der Waals surface area contributed by atoms with E-state index in [0.29, 0.717) is 11.6 Å². The summed E-state index contributed by atoms with van der Waals surface area (Å²) in [6.45, 7) is 10.1. The van der Waals surface area contributed by atoms with Gasteiger partial charge in [0.25, 0.3) is 0 Å². The second kappa shape index (κ2) is 5.48. The molecule has 2 fully saturated rings. The predicted molar refractivity (Wildman–Crippen MR) is 66.7 cm³/mol. The molecule has 3 nitrogen and oxygen atoms in total. The van der Waals surface area contributed by atoms with Crippen molar-refractivity contribution in [2.45, 2.75) is 51.1 Å². The van der Waals surface area contributed by atoms with Gasteiger partial charge in [0.05, 0.1) is 6.61 Å². The smallest absolute Gasteiger partial charge is 0.0621 e. The van der Waals surface area contributed by atoms with E-state index in [0.717, 1.165) is 19.8 Å². The van der Waals surface area contributed by atoms with Crippen LogP contribution in [0.15, 0.2) is 0 Å². The van der Waals surface area contributed by atoms with Crippen LogP contribution < -0.4 is 5.32 Å². The van der Waals surface area contributed by atoms with Crippen LogP contribution in [0.5, 0.6) is 0 Å². The monoisotopic (exact) mass is 226 g/mol. The Hall–Kier alpha value is -0.120. The number of nitrogens with one attached hydrogen (secondary N) is 1. The van der Waals surface area contributed by atoms with E-state index in [1.165, 1.54) is 38.8 Å². The minimum atomic E-state index is 0.300. The Labute approximate surface area is 99.5 Å². The van der Waals surface area contributed by atoms with Crippen molar-refractivity contribution in [2.75, 3.05) is 32.8 Å². The minimum Gasteiger partial charge on any atom is -0.380 e. The number of hydrogen-bond acceptors (Lipinski definition) is 3. The van der Waals surface area contributed by atoms with Crippen LogP contribution in [0, 0.1) is 0 Å².